The van der Waals surface area contributed by atoms with E-state index < -0.39 is 0 Å². The Labute approximate surface area is 96.0 Å². The van der Waals surface area contributed by atoms with Crippen LogP contribution in [0.15, 0.2) is 40.3 Å². The van der Waals surface area contributed by atoms with Gasteiger partial charge in [0.15, 0.2) is 0 Å². The third kappa shape index (κ3) is 2.52. The molecule has 16 heavy (non-hydrogen) atoms. The van der Waals surface area contributed by atoms with Crippen molar-refractivity contribution in [2.75, 3.05) is 13.1 Å². The van der Waals surface area contributed by atoms with E-state index in [1.807, 2.05) is 18.2 Å². The largest absolute Gasteiger partial charge is 0.457 e. The summed E-state index contributed by atoms with van der Waals surface area (Å²) in [6, 6.07) is 10.1. The predicted octanol–water partition coefficient (Wildman–Crippen LogP) is 3.45. The minimum atomic E-state index is 0.910. The molecule has 2 aromatic rings. The van der Waals surface area contributed by atoms with Gasteiger partial charge in [-0.25, -0.2) is 0 Å². The first-order valence-electron chi connectivity index (χ1n) is 5.66. The van der Waals surface area contributed by atoms with Gasteiger partial charge >= 0.3 is 0 Å². The summed E-state index contributed by atoms with van der Waals surface area (Å²) < 4.78 is 5.71. The van der Waals surface area contributed by atoms with E-state index in [1.165, 1.54) is 5.57 Å². The van der Waals surface area contributed by atoms with Crippen LogP contribution in [0.3, 0.4) is 0 Å². The van der Waals surface area contributed by atoms with E-state index >= 15 is 0 Å². The first-order chi connectivity index (χ1) is 7.79. The molecule has 0 atom stereocenters. The van der Waals surface area contributed by atoms with E-state index in [4.69, 9.17) is 4.42 Å². The highest BCUT2D eigenvalue weighted by Gasteiger charge is 2.00. The zero-order valence-corrected chi connectivity index (χ0v) is 9.79. The average Bonchev–Trinajstić information content (AvgIpc) is 2.68. The predicted molar refractivity (Wildman–Crippen MR) is 68.4 cm³/mol. The maximum absolute atomic E-state index is 5.71. The van der Waals surface area contributed by atoms with Gasteiger partial charge in [-0.1, -0.05) is 30.7 Å². The fourth-order valence-corrected chi connectivity index (χ4v) is 1.69. The van der Waals surface area contributed by atoms with Crippen molar-refractivity contribution in [2.45, 2.75) is 13.8 Å². The molecule has 0 spiro atoms. The topological polar surface area (TPSA) is 25.2 Å². The molecular weight excluding hydrogens is 198 g/mol. The number of likely N-dealkylation sites (N-methyl/N-ethyl adjacent to an activating group) is 1. The molecule has 2 heteroatoms. The molecule has 1 N–H and O–H groups in total. The summed E-state index contributed by atoms with van der Waals surface area (Å²) >= 11 is 0. The molecule has 1 aromatic carbocycles. The van der Waals surface area contributed by atoms with E-state index in [0.29, 0.717) is 0 Å². The lowest BCUT2D eigenvalue weighted by Gasteiger charge is -1.99. The Morgan fingerprint density at radius 3 is 2.94 bits per heavy atom. The zero-order valence-electron chi connectivity index (χ0n) is 9.79. The SMILES string of the molecule is CCNCC(C)=Cc1cc2ccccc2o1. The Bertz CT molecular complexity index is 463. The highest BCUT2D eigenvalue weighted by Crippen LogP contribution is 2.20. The van der Waals surface area contributed by atoms with Crippen LogP contribution in [-0.4, -0.2) is 13.1 Å². The maximum atomic E-state index is 5.71. The monoisotopic (exact) mass is 215 g/mol. The van der Waals surface area contributed by atoms with Gasteiger partial charge in [0.25, 0.3) is 0 Å². The van der Waals surface area contributed by atoms with E-state index in [0.717, 1.165) is 29.8 Å². The third-order valence-electron chi connectivity index (χ3n) is 2.49. The second kappa shape index (κ2) is 4.99. The van der Waals surface area contributed by atoms with Crippen LogP contribution in [-0.2, 0) is 0 Å². The number of para-hydroxylation sites is 1. The molecule has 2 rings (SSSR count). The molecule has 0 amide bonds. The molecule has 0 bridgehead atoms. The van der Waals surface area contributed by atoms with Crippen LogP contribution < -0.4 is 5.32 Å². The molecule has 2 nitrogen and oxygen atoms in total. The summed E-state index contributed by atoms with van der Waals surface area (Å²) in [5, 5.41) is 4.45. The molecule has 0 aliphatic rings. The lowest BCUT2D eigenvalue weighted by molar-refractivity contribution is 0.603. The average molecular weight is 215 g/mol. The van der Waals surface area contributed by atoms with Crippen molar-refractivity contribution in [1.82, 2.24) is 5.32 Å². The molecule has 0 fully saturated rings. The summed E-state index contributed by atoms with van der Waals surface area (Å²) in [4.78, 5) is 0. The maximum Gasteiger partial charge on any atom is 0.134 e. The standard InChI is InChI=1S/C14H17NO/c1-3-15-10-11(2)8-13-9-12-6-4-5-7-14(12)16-13/h4-9,15H,3,10H2,1-2H3. The van der Waals surface area contributed by atoms with Crippen LogP contribution >= 0.6 is 0 Å². The van der Waals surface area contributed by atoms with Crippen molar-refractivity contribution < 1.29 is 4.42 Å². The van der Waals surface area contributed by atoms with Crippen LogP contribution in [0.2, 0.25) is 0 Å². The second-order valence-corrected chi connectivity index (χ2v) is 3.96. The van der Waals surface area contributed by atoms with Crippen molar-refractivity contribution >= 4 is 17.0 Å². The molecule has 0 aliphatic carbocycles. The molecule has 0 aliphatic heterocycles. The van der Waals surface area contributed by atoms with Crippen molar-refractivity contribution in [3.05, 3.63) is 41.7 Å². The second-order valence-electron chi connectivity index (χ2n) is 3.96. The molecular formula is C14H17NO. The minimum absolute atomic E-state index is 0.910. The van der Waals surface area contributed by atoms with Crippen LogP contribution in [0.25, 0.3) is 17.0 Å². The highest BCUT2D eigenvalue weighted by atomic mass is 16.3. The zero-order chi connectivity index (χ0) is 11.4. The normalized spacial score (nSPS) is 12.2. The summed E-state index contributed by atoms with van der Waals surface area (Å²) in [5.74, 6) is 0.927. The number of fused-ring (bicyclic) bond motifs is 1. The van der Waals surface area contributed by atoms with Crippen LogP contribution in [0.5, 0.6) is 0 Å². The Balaban J connectivity index is 2.20. The molecule has 0 saturated heterocycles. The van der Waals surface area contributed by atoms with Gasteiger partial charge in [-0.2, -0.15) is 0 Å². The smallest absolute Gasteiger partial charge is 0.134 e. The van der Waals surface area contributed by atoms with E-state index in [1.54, 1.807) is 0 Å². The molecule has 1 aromatic heterocycles. The van der Waals surface area contributed by atoms with Crippen LogP contribution in [0, 0.1) is 0 Å². The summed E-state index contributed by atoms with van der Waals surface area (Å²) in [6.45, 7) is 6.11. The van der Waals surface area contributed by atoms with Crippen molar-refractivity contribution in [2.24, 2.45) is 0 Å². The highest BCUT2D eigenvalue weighted by molar-refractivity contribution is 5.79. The number of furan rings is 1. The summed E-state index contributed by atoms with van der Waals surface area (Å²) in [7, 11) is 0. The van der Waals surface area contributed by atoms with Crippen molar-refractivity contribution in [3.8, 4) is 0 Å². The van der Waals surface area contributed by atoms with Crippen LogP contribution in [0.1, 0.15) is 19.6 Å². The fraction of sp³-hybridized carbons (Fsp3) is 0.286. The van der Waals surface area contributed by atoms with E-state index in [2.05, 4.69) is 37.4 Å². The number of rotatable bonds is 4. The summed E-state index contributed by atoms with van der Waals surface area (Å²) in [6.07, 6.45) is 2.09. The van der Waals surface area contributed by atoms with E-state index in [-0.39, 0.29) is 0 Å². The van der Waals surface area contributed by atoms with Crippen LogP contribution in [0.4, 0.5) is 0 Å². The van der Waals surface area contributed by atoms with Gasteiger partial charge in [0.05, 0.1) is 0 Å². The quantitative estimate of drug-likeness (QED) is 0.845. The Kier molecular flexibility index (Phi) is 3.42. The van der Waals surface area contributed by atoms with Gasteiger partial charge in [0.1, 0.15) is 11.3 Å². The molecule has 0 saturated carbocycles. The molecule has 0 unspecified atom stereocenters. The Morgan fingerprint density at radius 2 is 2.19 bits per heavy atom. The lowest BCUT2D eigenvalue weighted by atomic mass is 10.2. The van der Waals surface area contributed by atoms with Crippen molar-refractivity contribution in [3.63, 3.8) is 0 Å². The van der Waals surface area contributed by atoms with Gasteiger partial charge in [-0.05, 0) is 31.7 Å². The van der Waals surface area contributed by atoms with Gasteiger partial charge < -0.3 is 9.73 Å². The van der Waals surface area contributed by atoms with Gasteiger partial charge in [-0.15, -0.1) is 0 Å². The van der Waals surface area contributed by atoms with Crippen molar-refractivity contribution in [1.29, 1.82) is 0 Å². The fourth-order valence-electron chi connectivity index (χ4n) is 1.69. The number of hydrogen-bond acceptors (Lipinski definition) is 2. The summed E-state index contributed by atoms with van der Waals surface area (Å²) in [5.41, 5.74) is 2.23. The van der Waals surface area contributed by atoms with E-state index in [9.17, 15) is 0 Å². The lowest BCUT2D eigenvalue weighted by Crippen LogP contribution is -2.14. The third-order valence-corrected chi connectivity index (χ3v) is 2.49. The molecule has 1 heterocycles. The number of nitrogens with one attached hydrogen (secondary N) is 1. The molecule has 0 radical (unpaired) electrons. The van der Waals surface area contributed by atoms with Gasteiger partial charge in [0, 0.05) is 11.9 Å². The Morgan fingerprint density at radius 1 is 1.38 bits per heavy atom. The first-order valence-corrected chi connectivity index (χ1v) is 5.66. The van der Waals surface area contributed by atoms with Gasteiger partial charge in [0.2, 0.25) is 0 Å². The number of benzene rings is 1. The first kappa shape index (κ1) is 11.0. The number of hydrogen-bond donors (Lipinski definition) is 1. The minimum Gasteiger partial charge on any atom is -0.457 e. The van der Waals surface area contributed by atoms with Gasteiger partial charge in [-0.3, -0.25) is 0 Å². The Hall–Kier alpha value is -1.54. The molecule has 84 valence electrons.